The second-order valence-electron chi connectivity index (χ2n) is 6.32. The van der Waals surface area contributed by atoms with Gasteiger partial charge in [0, 0.05) is 24.7 Å². The van der Waals surface area contributed by atoms with E-state index < -0.39 is 23.6 Å². The number of amides is 2. The molecule has 0 saturated carbocycles. The first-order valence-electron chi connectivity index (χ1n) is 7.83. The molecule has 1 aromatic rings. The minimum absolute atomic E-state index is 0.00681. The van der Waals surface area contributed by atoms with Gasteiger partial charge in [-0.25, -0.2) is 4.98 Å². The van der Waals surface area contributed by atoms with Crippen LogP contribution >= 0.6 is 0 Å². The first-order chi connectivity index (χ1) is 11.7. The molecule has 25 heavy (non-hydrogen) atoms. The molecule has 2 aliphatic heterocycles. The Balaban J connectivity index is 1.92. The molecule has 1 N–H and O–H groups in total. The van der Waals surface area contributed by atoms with Gasteiger partial charge in [-0.3, -0.25) is 15.0 Å². The Kier molecular flexibility index (Phi) is 4.18. The van der Waals surface area contributed by atoms with Gasteiger partial charge in [-0.05, 0) is 31.4 Å². The van der Waals surface area contributed by atoms with Crippen LogP contribution in [0, 0.1) is 5.92 Å². The summed E-state index contributed by atoms with van der Waals surface area (Å²) in [6, 6.07) is 2.03. The van der Waals surface area contributed by atoms with Gasteiger partial charge in [0.2, 0.25) is 0 Å². The van der Waals surface area contributed by atoms with E-state index in [0.29, 0.717) is 13.1 Å². The van der Waals surface area contributed by atoms with Gasteiger partial charge in [0.15, 0.2) is 0 Å². The van der Waals surface area contributed by atoms with E-state index in [1.54, 1.807) is 4.90 Å². The smallest absolute Gasteiger partial charge is 0.356 e. The minimum Gasteiger partial charge on any atom is -0.356 e. The van der Waals surface area contributed by atoms with Crippen LogP contribution in [0.15, 0.2) is 23.8 Å². The molecule has 134 valence electrons. The summed E-state index contributed by atoms with van der Waals surface area (Å²) in [5.74, 6) is -1.05. The molecule has 9 heteroatoms. The monoisotopic (exact) mass is 354 g/mol. The number of halogens is 3. The maximum atomic E-state index is 13.3. The third kappa shape index (κ3) is 3.31. The van der Waals surface area contributed by atoms with Crippen molar-refractivity contribution in [3.63, 3.8) is 0 Å². The summed E-state index contributed by atoms with van der Waals surface area (Å²) in [6.45, 7) is 4.40. The van der Waals surface area contributed by atoms with Gasteiger partial charge in [-0.2, -0.15) is 18.2 Å². The zero-order valence-electron chi connectivity index (χ0n) is 13.7. The molecule has 0 bridgehead atoms. The fourth-order valence-electron chi connectivity index (χ4n) is 2.91. The van der Waals surface area contributed by atoms with Crippen LogP contribution in [0.25, 0.3) is 0 Å². The van der Waals surface area contributed by atoms with Crippen molar-refractivity contribution >= 4 is 23.5 Å². The second-order valence-corrected chi connectivity index (χ2v) is 6.32. The lowest BCUT2D eigenvalue weighted by atomic mass is 10.2. The van der Waals surface area contributed by atoms with E-state index in [-0.39, 0.29) is 23.1 Å². The largest absolute Gasteiger partial charge is 0.419 e. The number of aromatic nitrogens is 1. The van der Waals surface area contributed by atoms with Crippen molar-refractivity contribution in [3.8, 4) is 0 Å². The predicted octanol–water partition coefficient (Wildman–Crippen LogP) is 2.59. The Morgan fingerprint density at radius 2 is 2.00 bits per heavy atom. The van der Waals surface area contributed by atoms with Crippen LogP contribution in [0.2, 0.25) is 0 Å². The molecule has 0 aliphatic carbocycles. The highest BCUT2D eigenvalue weighted by Gasteiger charge is 2.38. The van der Waals surface area contributed by atoms with Gasteiger partial charge >= 0.3 is 6.18 Å². The summed E-state index contributed by atoms with van der Waals surface area (Å²) in [5, 5.41) is 0.737. The normalized spacial score (nSPS) is 21.2. The third-order valence-electron chi connectivity index (χ3n) is 4.23. The van der Waals surface area contributed by atoms with E-state index in [9.17, 15) is 22.8 Å². The first kappa shape index (κ1) is 17.2. The zero-order valence-corrected chi connectivity index (χ0v) is 13.7. The number of alkyl halides is 3. The lowest BCUT2D eigenvalue weighted by molar-refractivity contribution is -0.138. The van der Waals surface area contributed by atoms with E-state index in [0.717, 1.165) is 29.6 Å². The Labute approximate surface area is 142 Å². The maximum Gasteiger partial charge on any atom is 0.419 e. The molecular formula is C16H17F3N4O2. The minimum atomic E-state index is -4.54. The van der Waals surface area contributed by atoms with Crippen molar-refractivity contribution < 1.29 is 22.8 Å². The molecule has 1 unspecified atom stereocenters. The van der Waals surface area contributed by atoms with E-state index in [1.165, 1.54) is 6.92 Å². The molecule has 1 atom stereocenters. The Morgan fingerprint density at radius 3 is 2.52 bits per heavy atom. The van der Waals surface area contributed by atoms with Crippen molar-refractivity contribution in [2.24, 2.45) is 5.92 Å². The molecule has 6 nitrogen and oxygen atoms in total. The Hall–Kier alpha value is -2.58. The van der Waals surface area contributed by atoms with Gasteiger partial charge in [-0.1, -0.05) is 6.92 Å². The van der Waals surface area contributed by atoms with Gasteiger partial charge in [0.1, 0.15) is 11.6 Å². The highest BCUT2D eigenvalue weighted by molar-refractivity contribution is 6.16. The maximum absolute atomic E-state index is 13.3. The SMILES string of the molecule is CC1=CC(=O)N(Nc2ccc(C(F)(F)F)c(N3CCC(C)C3)n2)C1=O. The molecule has 1 saturated heterocycles. The van der Waals surface area contributed by atoms with Gasteiger partial charge < -0.3 is 4.90 Å². The van der Waals surface area contributed by atoms with Crippen LogP contribution in [-0.4, -0.2) is 34.9 Å². The topological polar surface area (TPSA) is 65.5 Å². The van der Waals surface area contributed by atoms with Crippen LogP contribution in [0.4, 0.5) is 24.8 Å². The van der Waals surface area contributed by atoms with Crippen LogP contribution in [-0.2, 0) is 15.8 Å². The van der Waals surface area contributed by atoms with Crippen molar-refractivity contribution in [2.45, 2.75) is 26.4 Å². The number of pyridine rings is 1. The number of carbonyl (C=O) groups excluding carboxylic acids is 2. The molecule has 2 amide bonds. The molecule has 3 heterocycles. The Morgan fingerprint density at radius 1 is 1.28 bits per heavy atom. The average molecular weight is 354 g/mol. The zero-order chi connectivity index (χ0) is 18.4. The molecular weight excluding hydrogens is 337 g/mol. The van der Waals surface area contributed by atoms with E-state index in [1.807, 2.05) is 6.92 Å². The standard InChI is InChI=1S/C16H17F3N4O2/c1-9-5-6-22(8-9)14-11(16(17,18)19)3-4-12(20-14)21-23-13(24)7-10(2)15(23)25/h3-4,7,9H,5-6,8H2,1-2H3,(H,20,21). The average Bonchev–Trinajstić information content (AvgIpc) is 3.05. The predicted molar refractivity (Wildman–Crippen MR) is 84.5 cm³/mol. The first-order valence-corrected chi connectivity index (χ1v) is 7.83. The number of anilines is 2. The third-order valence-corrected chi connectivity index (χ3v) is 4.23. The number of imide groups is 1. The van der Waals surface area contributed by atoms with Gasteiger partial charge in [0.05, 0.1) is 5.56 Å². The summed E-state index contributed by atoms with van der Waals surface area (Å²) >= 11 is 0. The van der Waals surface area contributed by atoms with Crippen LogP contribution in [0.1, 0.15) is 25.8 Å². The lowest BCUT2D eigenvalue weighted by Crippen LogP contribution is -2.37. The summed E-state index contributed by atoms with van der Waals surface area (Å²) in [4.78, 5) is 29.3. The van der Waals surface area contributed by atoms with Crippen LogP contribution in [0.5, 0.6) is 0 Å². The van der Waals surface area contributed by atoms with Crippen molar-refractivity contribution in [1.29, 1.82) is 0 Å². The van der Waals surface area contributed by atoms with Gasteiger partial charge in [0.25, 0.3) is 11.8 Å². The Bertz CT molecular complexity index is 760. The molecule has 0 spiro atoms. The van der Waals surface area contributed by atoms with E-state index >= 15 is 0 Å². The summed E-state index contributed by atoms with van der Waals surface area (Å²) < 4.78 is 39.9. The van der Waals surface area contributed by atoms with Crippen molar-refractivity contribution in [2.75, 3.05) is 23.4 Å². The number of hydrazine groups is 1. The summed E-state index contributed by atoms with van der Waals surface area (Å²) in [5.41, 5.74) is 1.92. The van der Waals surface area contributed by atoms with E-state index in [4.69, 9.17) is 0 Å². The summed E-state index contributed by atoms with van der Waals surface area (Å²) in [6.07, 6.45) is -2.60. The van der Waals surface area contributed by atoms with Gasteiger partial charge in [-0.15, -0.1) is 0 Å². The fourth-order valence-corrected chi connectivity index (χ4v) is 2.91. The lowest BCUT2D eigenvalue weighted by Gasteiger charge is -2.24. The molecule has 2 aliphatic rings. The second kappa shape index (κ2) is 6.05. The van der Waals surface area contributed by atoms with E-state index in [2.05, 4.69) is 10.4 Å². The van der Waals surface area contributed by atoms with Crippen molar-refractivity contribution in [3.05, 3.63) is 29.3 Å². The molecule has 0 radical (unpaired) electrons. The molecule has 0 aromatic carbocycles. The number of nitrogens with one attached hydrogen (secondary N) is 1. The van der Waals surface area contributed by atoms with Crippen LogP contribution in [0.3, 0.4) is 0 Å². The number of carbonyl (C=O) groups is 2. The number of nitrogens with zero attached hydrogens (tertiary/aromatic N) is 3. The summed E-state index contributed by atoms with van der Waals surface area (Å²) in [7, 11) is 0. The molecule has 1 fully saturated rings. The fraction of sp³-hybridized carbons (Fsp3) is 0.438. The van der Waals surface area contributed by atoms with Crippen molar-refractivity contribution in [1.82, 2.24) is 9.99 Å². The van der Waals surface area contributed by atoms with Crippen LogP contribution < -0.4 is 10.3 Å². The number of hydrogen-bond donors (Lipinski definition) is 1. The quantitative estimate of drug-likeness (QED) is 0.846. The highest BCUT2D eigenvalue weighted by atomic mass is 19.4. The molecule has 1 aromatic heterocycles. The highest BCUT2D eigenvalue weighted by Crippen LogP contribution is 2.38. The number of rotatable bonds is 3. The molecule has 3 rings (SSSR count). The number of hydrogen-bond acceptors (Lipinski definition) is 5.